The van der Waals surface area contributed by atoms with Gasteiger partial charge in [0.1, 0.15) is 0 Å². The molecule has 0 atom stereocenters. The average Bonchev–Trinajstić information content (AvgIpc) is 2.37. The minimum absolute atomic E-state index is 0.0225. The van der Waals surface area contributed by atoms with Crippen molar-refractivity contribution in [3.63, 3.8) is 0 Å². The van der Waals surface area contributed by atoms with Gasteiger partial charge in [0.2, 0.25) is 10.0 Å². The lowest BCUT2D eigenvalue weighted by Gasteiger charge is -2.26. The molecular formula is C12H23NO5S. The Labute approximate surface area is 114 Å². The van der Waals surface area contributed by atoms with Crippen molar-refractivity contribution in [1.82, 2.24) is 4.72 Å². The van der Waals surface area contributed by atoms with Crippen LogP contribution in [0.25, 0.3) is 0 Å². The van der Waals surface area contributed by atoms with Gasteiger partial charge in [-0.3, -0.25) is 4.79 Å². The van der Waals surface area contributed by atoms with Gasteiger partial charge in [0.05, 0.1) is 18.3 Å². The molecule has 0 bridgehead atoms. The topological polar surface area (TPSA) is 92.7 Å². The Bertz CT molecular complexity index is 374. The van der Waals surface area contributed by atoms with E-state index in [-0.39, 0.29) is 24.2 Å². The molecule has 0 amide bonds. The molecule has 1 rings (SSSR count). The van der Waals surface area contributed by atoms with Gasteiger partial charge in [-0.25, -0.2) is 13.1 Å². The normalized spacial score (nSPS) is 24.3. The van der Waals surface area contributed by atoms with E-state index in [1.807, 2.05) is 6.92 Å². The van der Waals surface area contributed by atoms with E-state index in [1.165, 1.54) is 0 Å². The molecule has 0 aromatic rings. The Morgan fingerprint density at radius 3 is 2.47 bits per heavy atom. The molecule has 1 aliphatic carbocycles. The summed E-state index contributed by atoms with van der Waals surface area (Å²) in [6, 6.07) is 0. The summed E-state index contributed by atoms with van der Waals surface area (Å²) in [5, 5.41) is 8.88. The van der Waals surface area contributed by atoms with Crippen LogP contribution >= 0.6 is 0 Å². The highest BCUT2D eigenvalue weighted by Gasteiger charge is 2.26. The van der Waals surface area contributed by atoms with Crippen LogP contribution < -0.4 is 4.72 Å². The molecule has 19 heavy (non-hydrogen) atoms. The highest BCUT2D eigenvalue weighted by molar-refractivity contribution is 7.89. The molecular weight excluding hydrogens is 270 g/mol. The number of nitrogens with one attached hydrogen (secondary N) is 1. The Kier molecular flexibility index (Phi) is 6.74. The molecule has 1 fully saturated rings. The Balaban J connectivity index is 2.24. The van der Waals surface area contributed by atoms with E-state index in [9.17, 15) is 13.2 Å². The minimum atomic E-state index is -3.27. The number of carboxylic acid groups (broad SMARTS) is 1. The first kappa shape index (κ1) is 16.4. The molecule has 1 saturated carbocycles. The summed E-state index contributed by atoms with van der Waals surface area (Å²) >= 11 is 0. The first-order valence-corrected chi connectivity index (χ1v) is 8.37. The van der Waals surface area contributed by atoms with Gasteiger partial charge in [-0.1, -0.05) is 0 Å². The van der Waals surface area contributed by atoms with Crippen molar-refractivity contribution in [2.75, 3.05) is 25.5 Å². The van der Waals surface area contributed by atoms with Crippen LogP contribution in [0, 0.1) is 11.8 Å². The van der Waals surface area contributed by atoms with Crippen LogP contribution in [-0.2, 0) is 19.6 Å². The Morgan fingerprint density at radius 2 is 1.95 bits per heavy atom. The van der Waals surface area contributed by atoms with Crippen molar-refractivity contribution >= 4 is 16.0 Å². The third kappa shape index (κ3) is 6.35. The zero-order chi connectivity index (χ0) is 14.3. The van der Waals surface area contributed by atoms with Crippen LogP contribution in [0.5, 0.6) is 0 Å². The quantitative estimate of drug-likeness (QED) is 0.647. The smallest absolute Gasteiger partial charge is 0.306 e. The number of rotatable bonds is 8. The molecule has 0 aromatic heterocycles. The SMILES string of the molecule is CCOCCS(=O)(=O)NCC1CCC(C(=O)O)CC1. The molecule has 2 N–H and O–H groups in total. The van der Waals surface area contributed by atoms with Gasteiger partial charge in [-0.2, -0.15) is 0 Å². The standard InChI is InChI=1S/C12H23NO5S/c1-2-18-7-8-19(16,17)13-9-10-3-5-11(6-4-10)12(14)15/h10-11,13H,2-9H2,1H3,(H,14,15). The third-order valence-corrected chi connectivity index (χ3v) is 4.80. The summed E-state index contributed by atoms with van der Waals surface area (Å²) in [4.78, 5) is 10.8. The van der Waals surface area contributed by atoms with Gasteiger partial charge in [-0.05, 0) is 38.5 Å². The summed E-state index contributed by atoms with van der Waals surface area (Å²) in [5.74, 6) is -0.773. The van der Waals surface area contributed by atoms with E-state index < -0.39 is 16.0 Å². The first-order chi connectivity index (χ1) is 8.94. The molecule has 1 aliphatic rings. The third-order valence-electron chi connectivity index (χ3n) is 3.49. The van der Waals surface area contributed by atoms with Gasteiger partial charge in [0.25, 0.3) is 0 Å². The van der Waals surface area contributed by atoms with E-state index in [0.717, 1.165) is 12.8 Å². The number of sulfonamides is 1. The number of carboxylic acids is 1. The van der Waals surface area contributed by atoms with Crippen LogP contribution in [0.1, 0.15) is 32.6 Å². The summed E-state index contributed by atoms with van der Waals surface area (Å²) in [6.45, 7) is 2.94. The predicted octanol–water partition coefficient (Wildman–Crippen LogP) is 0.833. The fraction of sp³-hybridized carbons (Fsp3) is 0.917. The molecule has 0 spiro atoms. The highest BCUT2D eigenvalue weighted by Crippen LogP contribution is 2.28. The molecule has 0 aliphatic heterocycles. The van der Waals surface area contributed by atoms with Crippen molar-refractivity contribution in [1.29, 1.82) is 0 Å². The zero-order valence-electron chi connectivity index (χ0n) is 11.3. The molecule has 7 heteroatoms. The second-order valence-corrected chi connectivity index (χ2v) is 6.85. The van der Waals surface area contributed by atoms with Crippen LogP contribution in [0.4, 0.5) is 0 Å². The summed E-state index contributed by atoms with van der Waals surface area (Å²) < 4.78 is 30.9. The van der Waals surface area contributed by atoms with Crippen molar-refractivity contribution in [2.45, 2.75) is 32.6 Å². The van der Waals surface area contributed by atoms with Crippen molar-refractivity contribution in [3.8, 4) is 0 Å². The molecule has 0 unspecified atom stereocenters. The second kappa shape index (κ2) is 7.81. The molecule has 112 valence electrons. The number of aliphatic carboxylic acids is 1. The number of carbonyl (C=O) groups is 1. The Hall–Kier alpha value is -0.660. The monoisotopic (exact) mass is 293 g/mol. The van der Waals surface area contributed by atoms with Gasteiger partial charge in [-0.15, -0.1) is 0 Å². The van der Waals surface area contributed by atoms with Crippen molar-refractivity contribution in [2.24, 2.45) is 11.8 Å². The van der Waals surface area contributed by atoms with Gasteiger partial charge in [0.15, 0.2) is 0 Å². The summed E-state index contributed by atoms with van der Waals surface area (Å²) in [6.07, 6.45) is 2.82. The summed E-state index contributed by atoms with van der Waals surface area (Å²) in [5.41, 5.74) is 0. The average molecular weight is 293 g/mol. The number of hydrogen-bond donors (Lipinski definition) is 2. The molecule has 0 aromatic carbocycles. The molecule has 0 radical (unpaired) electrons. The lowest BCUT2D eigenvalue weighted by molar-refractivity contribution is -0.143. The van der Waals surface area contributed by atoms with Crippen LogP contribution in [0.15, 0.2) is 0 Å². The minimum Gasteiger partial charge on any atom is -0.481 e. The van der Waals surface area contributed by atoms with Crippen LogP contribution in [0.3, 0.4) is 0 Å². The maximum Gasteiger partial charge on any atom is 0.306 e. The van der Waals surface area contributed by atoms with E-state index in [4.69, 9.17) is 9.84 Å². The second-order valence-electron chi connectivity index (χ2n) is 4.92. The predicted molar refractivity (Wildman–Crippen MR) is 71.4 cm³/mol. The fourth-order valence-electron chi connectivity index (χ4n) is 2.24. The molecule has 6 nitrogen and oxygen atoms in total. The van der Waals surface area contributed by atoms with Gasteiger partial charge >= 0.3 is 5.97 Å². The van der Waals surface area contributed by atoms with E-state index in [2.05, 4.69) is 4.72 Å². The number of ether oxygens (including phenoxy) is 1. The van der Waals surface area contributed by atoms with Crippen LogP contribution in [0.2, 0.25) is 0 Å². The lowest BCUT2D eigenvalue weighted by atomic mass is 9.82. The summed E-state index contributed by atoms with van der Waals surface area (Å²) in [7, 11) is -3.27. The maximum absolute atomic E-state index is 11.6. The molecule has 0 saturated heterocycles. The van der Waals surface area contributed by atoms with Crippen molar-refractivity contribution in [3.05, 3.63) is 0 Å². The largest absolute Gasteiger partial charge is 0.481 e. The molecule has 0 heterocycles. The highest BCUT2D eigenvalue weighted by atomic mass is 32.2. The fourth-order valence-corrected chi connectivity index (χ4v) is 3.21. The number of hydrogen-bond acceptors (Lipinski definition) is 4. The van der Waals surface area contributed by atoms with Gasteiger partial charge < -0.3 is 9.84 Å². The maximum atomic E-state index is 11.6. The van der Waals surface area contributed by atoms with Gasteiger partial charge in [0, 0.05) is 13.2 Å². The van der Waals surface area contributed by atoms with Crippen LogP contribution in [-0.4, -0.2) is 45.0 Å². The van der Waals surface area contributed by atoms with Crippen molar-refractivity contribution < 1.29 is 23.1 Å². The van der Waals surface area contributed by atoms with E-state index in [0.29, 0.717) is 26.0 Å². The first-order valence-electron chi connectivity index (χ1n) is 6.72. The van der Waals surface area contributed by atoms with E-state index in [1.54, 1.807) is 0 Å². The van der Waals surface area contributed by atoms with E-state index >= 15 is 0 Å². The Morgan fingerprint density at radius 1 is 1.32 bits per heavy atom. The lowest BCUT2D eigenvalue weighted by Crippen LogP contribution is -2.34. The zero-order valence-corrected chi connectivity index (χ0v) is 12.1.